The molecule has 0 amide bonds. The van der Waals surface area contributed by atoms with Gasteiger partial charge in [0.15, 0.2) is 0 Å². The van der Waals surface area contributed by atoms with E-state index in [2.05, 4.69) is 38.0 Å². The third kappa shape index (κ3) is 2.77. The van der Waals surface area contributed by atoms with Gasteiger partial charge in [0, 0.05) is 18.8 Å². The number of hydrogen-bond acceptors (Lipinski definition) is 5. The summed E-state index contributed by atoms with van der Waals surface area (Å²) in [6.45, 7) is 4.14. The number of rotatable bonds is 3. The van der Waals surface area contributed by atoms with Crippen LogP contribution in [0.15, 0.2) is 36.9 Å². The average molecular weight is 308 g/mol. The Bertz CT molecular complexity index is 819. The van der Waals surface area contributed by atoms with Crippen molar-refractivity contribution in [3.8, 4) is 11.4 Å². The molecule has 1 saturated heterocycles. The van der Waals surface area contributed by atoms with Crippen LogP contribution in [0.5, 0.6) is 0 Å². The fourth-order valence-corrected chi connectivity index (χ4v) is 3.08. The second-order valence-electron chi connectivity index (χ2n) is 6.01. The number of aryl methyl sites for hydroxylation is 1. The highest BCUT2D eigenvalue weighted by atomic mass is 15.1. The first-order valence-corrected chi connectivity index (χ1v) is 8.03. The Labute approximate surface area is 135 Å². The molecular formula is C17H20N6. The maximum Gasteiger partial charge on any atom is 0.145 e. The van der Waals surface area contributed by atoms with Crippen molar-refractivity contribution in [3.63, 3.8) is 0 Å². The smallest absolute Gasteiger partial charge is 0.145 e. The van der Waals surface area contributed by atoms with E-state index in [1.807, 2.05) is 18.5 Å². The van der Waals surface area contributed by atoms with E-state index in [1.165, 1.54) is 6.42 Å². The van der Waals surface area contributed by atoms with Crippen LogP contribution >= 0.6 is 0 Å². The molecule has 1 atom stereocenters. The third-order valence-corrected chi connectivity index (χ3v) is 4.28. The maximum atomic E-state index is 4.73. The molecule has 0 radical (unpaired) electrons. The zero-order chi connectivity index (χ0) is 15.6. The van der Waals surface area contributed by atoms with Crippen molar-refractivity contribution in [3.05, 3.63) is 42.5 Å². The zero-order valence-corrected chi connectivity index (χ0v) is 13.2. The molecule has 23 heavy (non-hydrogen) atoms. The van der Waals surface area contributed by atoms with Crippen molar-refractivity contribution in [2.75, 3.05) is 18.4 Å². The van der Waals surface area contributed by atoms with Crippen LogP contribution in [-0.2, 0) is 0 Å². The van der Waals surface area contributed by atoms with Gasteiger partial charge in [-0.05, 0) is 37.9 Å². The van der Waals surface area contributed by atoms with Gasteiger partial charge in [-0.3, -0.25) is 9.38 Å². The van der Waals surface area contributed by atoms with Crippen molar-refractivity contribution < 1.29 is 0 Å². The predicted molar refractivity (Wildman–Crippen MR) is 90.5 cm³/mol. The van der Waals surface area contributed by atoms with E-state index < -0.39 is 0 Å². The van der Waals surface area contributed by atoms with Crippen molar-refractivity contribution >= 4 is 11.5 Å². The van der Waals surface area contributed by atoms with Crippen molar-refractivity contribution in [2.24, 2.45) is 0 Å². The standard InChI is InChI=1S/C17H20N6/c1-12-4-3-7-23-15(10-20-17(12)23)14-9-19-11-16(22-14)21-13-5-2-6-18-8-13/h3-4,7,9-11,13,18H,2,5-6,8H2,1H3,(H,21,22)/t13-/m1/s1. The lowest BCUT2D eigenvalue weighted by atomic mass is 10.1. The number of aromatic nitrogens is 4. The molecule has 4 heterocycles. The summed E-state index contributed by atoms with van der Waals surface area (Å²) in [5.74, 6) is 0.818. The molecule has 4 rings (SSSR count). The first-order chi connectivity index (χ1) is 11.3. The van der Waals surface area contributed by atoms with Gasteiger partial charge in [0.05, 0.1) is 24.3 Å². The van der Waals surface area contributed by atoms with Gasteiger partial charge in [-0.2, -0.15) is 0 Å². The molecule has 0 spiro atoms. The zero-order valence-electron chi connectivity index (χ0n) is 13.2. The Balaban J connectivity index is 1.66. The highest BCUT2D eigenvalue weighted by molar-refractivity contribution is 5.62. The molecule has 0 unspecified atom stereocenters. The van der Waals surface area contributed by atoms with E-state index in [0.717, 1.165) is 47.9 Å². The van der Waals surface area contributed by atoms with E-state index in [-0.39, 0.29) is 0 Å². The Morgan fingerprint density at radius 2 is 2.26 bits per heavy atom. The van der Waals surface area contributed by atoms with Crippen LogP contribution in [-0.4, -0.2) is 38.5 Å². The van der Waals surface area contributed by atoms with Gasteiger partial charge in [-0.1, -0.05) is 6.07 Å². The van der Waals surface area contributed by atoms with Crippen LogP contribution in [0.3, 0.4) is 0 Å². The summed E-state index contributed by atoms with van der Waals surface area (Å²) in [5, 5.41) is 6.88. The number of pyridine rings is 1. The Morgan fingerprint density at radius 3 is 3.13 bits per heavy atom. The van der Waals surface area contributed by atoms with E-state index in [0.29, 0.717) is 6.04 Å². The molecule has 2 N–H and O–H groups in total. The largest absolute Gasteiger partial charge is 0.365 e. The number of piperidine rings is 1. The lowest BCUT2D eigenvalue weighted by Gasteiger charge is -2.24. The summed E-state index contributed by atoms with van der Waals surface area (Å²) < 4.78 is 2.06. The number of anilines is 1. The fraction of sp³-hybridized carbons (Fsp3) is 0.353. The van der Waals surface area contributed by atoms with E-state index >= 15 is 0 Å². The van der Waals surface area contributed by atoms with Crippen LogP contribution in [0.25, 0.3) is 17.0 Å². The number of nitrogens with one attached hydrogen (secondary N) is 2. The minimum absolute atomic E-state index is 0.415. The minimum Gasteiger partial charge on any atom is -0.365 e. The summed E-state index contributed by atoms with van der Waals surface area (Å²) in [4.78, 5) is 13.6. The van der Waals surface area contributed by atoms with Gasteiger partial charge in [-0.15, -0.1) is 0 Å². The normalized spacial score (nSPS) is 18.2. The van der Waals surface area contributed by atoms with E-state index in [4.69, 9.17) is 4.98 Å². The molecule has 1 aliphatic rings. The van der Waals surface area contributed by atoms with E-state index in [9.17, 15) is 0 Å². The molecule has 3 aromatic rings. The highest BCUT2D eigenvalue weighted by Gasteiger charge is 2.14. The van der Waals surface area contributed by atoms with Crippen LogP contribution in [0.2, 0.25) is 0 Å². The quantitative estimate of drug-likeness (QED) is 0.777. The van der Waals surface area contributed by atoms with Gasteiger partial charge in [0.25, 0.3) is 0 Å². The second-order valence-corrected chi connectivity index (χ2v) is 6.01. The number of fused-ring (bicyclic) bond motifs is 1. The van der Waals surface area contributed by atoms with Crippen LogP contribution in [0.1, 0.15) is 18.4 Å². The second kappa shape index (κ2) is 5.96. The average Bonchev–Trinajstić information content (AvgIpc) is 3.02. The summed E-state index contributed by atoms with van der Waals surface area (Å²) in [6.07, 6.45) is 9.80. The molecule has 0 bridgehead atoms. The van der Waals surface area contributed by atoms with Crippen LogP contribution < -0.4 is 10.6 Å². The van der Waals surface area contributed by atoms with Gasteiger partial charge in [0.1, 0.15) is 17.2 Å². The molecule has 0 aliphatic carbocycles. The summed E-state index contributed by atoms with van der Waals surface area (Å²) in [5.41, 5.74) is 3.90. The van der Waals surface area contributed by atoms with Crippen LogP contribution in [0, 0.1) is 6.92 Å². The SMILES string of the molecule is Cc1cccn2c(-c3cncc(N[C@@H]4CCCNC4)n3)cnc12. The Hall–Kier alpha value is -2.47. The first kappa shape index (κ1) is 14.1. The fourth-order valence-electron chi connectivity index (χ4n) is 3.08. The number of imidazole rings is 1. The van der Waals surface area contributed by atoms with Crippen molar-refractivity contribution in [2.45, 2.75) is 25.8 Å². The molecule has 0 saturated carbocycles. The number of hydrogen-bond donors (Lipinski definition) is 2. The van der Waals surface area contributed by atoms with Gasteiger partial charge in [0.2, 0.25) is 0 Å². The molecular weight excluding hydrogens is 288 g/mol. The monoisotopic (exact) mass is 308 g/mol. The minimum atomic E-state index is 0.415. The van der Waals surface area contributed by atoms with Crippen molar-refractivity contribution in [1.82, 2.24) is 24.7 Å². The lowest BCUT2D eigenvalue weighted by Crippen LogP contribution is -2.38. The molecule has 1 aliphatic heterocycles. The van der Waals surface area contributed by atoms with Gasteiger partial charge >= 0.3 is 0 Å². The van der Waals surface area contributed by atoms with Gasteiger partial charge in [-0.25, -0.2) is 9.97 Å². The topological polar surface area (TPSA) is 67.1 Å². The first-order valence-electron chi connectivity index (χ1n) is 8.03. The van der Waals surface area contributed by atoms with Crippen LogP contribution in [0.4, 0.5) is 5.82 Å². The molecule has 118 valence electrons. The summed E-state index contributed by atoms with van der Waals surface area (Å²) in [7, 11) is 0. The molecule has 6 heteroatoms. The van der Waals surface area contributed by atoms with Crippen molar-refractivity contribution in [1.29, 1.82) is 0 Å². The number of nitrogens with zero attached hydrogens (tertiary/aromatic N) is 4. The lowest BCUT2D eigenvalue weighted by molar-refractivity contribution is 0.479. The van der Waals surface area contributed by atoms with E-state index in [1.54, 1.807) is 12.4 Å². The summed E-state index contributed by atoms with van der Waals surface area (Å²) >= 11 is 0. The Morgan fingerprint density at radius 1 is 1.30 bits per heavy atom. The molecule has 1 fully saturated rings. The summed E-state index contributed by atoms with van der Waals surface area (Å²) in [6, 6.07) is 4.50. The molecule has 3 aromatic heterocycles. The Kier molecular flexibility index (Phi) is 3.67. The molecule has 6 nitrogen and oxygen atoms in total. The highest BCUT2D eigenvalue weighted by Crippen LogP contribution is 2.21. The molecule has 0 aromatic carbocycles. The van der Waals surface area contributed by atoms with Gasteiger partial charge < -0.3 is 10.6 Å². The third-order valence-electron chi connectivity index (χ3n) is 4.28. The predicted octanol–water partition coefficient (Wildman–Crippen LogP) is 2.26. The maximum absolute atomic E-state index is 4.73.